The minimum Gasteiger partial charge on any atom is -0.294 e. The van der Waals surface area contributed by atoms with E-state index >= 15 is 0 Å². The Balaban J connectivity index is 1.80. The maximum Gasteiger partial charge on any atom is 0.181 e. The van der Waals surface area contributed by atoms with Crippen molar-refractivity contribution in [3.8, 4) is 0 Å². The van der Waals surface area contributed by atoms with Crippen LogP contribution in [0.1, 0.15) is 22.3 Å². The summed E-state index contributed by atoms with van der Waals surface area (Å²) in [5.41, 5.74) is 1.67. The van der Waals surface area contributed by atoms with Crippen molar-refractivity contribution >= 4 is 15.6 Å². The maximum absolute atomic E-state index is 12.4. The molecule has 1 saturated carbocycles. The fraction of sp³-hybridized carbons (Fsp3) is 0.235. The number of carbonyl (C=O) groups is 1. The van der Waals surface area contributed by atoms with E-state index in [4.69, 9.17) is 0 Å². The van der Waals surface area contributed by atoms with E-state index in [-0.39, 0.29) is 5.78 Å². The summed E-state index contributed by atoms with van der Waals surface area (Å²) in [4.78, 5) is 12.6. The summed E-state index contributed by atoms with van der Waals surface area (Å²) in [6.07, 6.45) is 0.421. The van der Waals surface area contributed by atoms with Crippen molar-refractivity contribution < 1.29 is 13.2 Å². The van der Waals surface area contributed by atoms with Crippen molar-refractivity contribution in [2.75, 3.05) is 0 Å². The first-order valence-electron chi connectivity index (χ1n) is 6.90. The highest BCUT2D eigenvalue weighted by molar-refractivity contribution is 7.92. The first-order chi connectivity index (χ1) is 10.00. The molecule has 1 fully saturated rings. The van der Waals surface area contributed by atoms with Crippen LogP contribution < -0.4 is 0 Å². The molecule has 2 aromatic rings. The van der Waals surface area contributed by atoms with E-state index in [0.29, 0.717) is 16.9 Å². The smallest absolute Gasteiger partial charge is 0.181 e. The van der Waals surface area contributed by atoms with Gasteiger partial charge < -0.3 is 0 Å². The Morgan fingerprint density at radius 3 is 2.24 bits per heavy atom. The molecule has 21 heavy (non-hydrogen) atoms. The SMILES string of the molecule is Cc1ccc(C(=O)[C@H]2C[C@@H]2S(=O)(=O)c2ccccc2)cc1. The molecule has 2 aromatic carbocycles. The Hall–Kier alpha value is -1.94. The number of hydrogen-bond donors (Lipinski definition) is 0. The van der Waals surface area contributed by atoms with Crippen LogP contribution >= 0.6 is 0 Å². The highest BCUT2D eigenvalue weighted by atomic mass is 32.2. The molecule has 0 N–H and O–H groups in total. The fourth-order valence-corrected chi connectivity index (χ4v) is 4.41. The van der Waals surface area contributed by atoms with Gasteiger partial charge in [-0.3, -0.25) is 4.79 Å². The number of rotatable bonds is 4. The van der Waals surface area contributed by atoms with Crippen molar-refractivity contribution in [2.24, 2.45) is 5.92 Å². The van der Waals surface area contributed by atoms with Gasteiger partial charge in [0, 0.05) is 11.5 Å². The molecular formula is C17H16O3S. The van der Waals surface area contributed by atoms with Crippen LogP contribution in [-0.4, -0.2) is 19.5 Å². The summed E-state index contributed by atoms with van der Waals surface area (Å²) in [5, 5.41) is -0.575. The molecule has 0 amide bonds. The molecule has 0 spiro atoms. The van der Waals surface area contributed by atoms with E-state index in [1.54, 1.807) is 42.5 Å². The van der Waals surface area contributed by atoms with Gasteiger partial charge in [-0.25, -0.2) is 8.42 Å². The van der Waals surface area contributed by atoms with Gasteiger partial charge in [0.2, 0.25) is 0 Å². The van der Waals surface area contributed by atoms with Crippen LogP contribution in [0.15, 0.2) is 59.5 Å². The molecule has 0 unspecified atom stereocenters. The van der Waals surface area contributed by atoms with Gasteiger partial charge >= 0.3 is 0 Å². The van der Waals surface area contributed by atoms with E-state index in [1.165, 1.54) is 0 Å². The van der Waals surface area contributed by atoms with Gasteiger partial charge in [0.05, 0.1) is 10.1 Å². The lowest BCUT2D eigenvalue weighted by molar-refractivity contribution is 0.0968. The van der Waals surface area contributed by atoms with Crippen LogP contribution in [0.2, 0.25) is 0 Å². The zero-order valence-electron chi connectivity index (χ0n) is 11.7. The maximum atomic E-state index is 12.4. The van der Waals surface area contributed by atoms with Gasteiger partial charge in [0.1, 0.15) is 0 Å². The van der Waals surface area contributed by atoms with Crippen LogP contribution in [0, 0.1) is 12.8 Å². The highest BCUT2D eigenvalue weighted by Gasteiger charge is 2.51. The molecule has 4 heteroatoms. The summed E-state index contributed by atoms with van der Waals surface area (Å²) in [6.45, 7) is 1.95. The molecular weight excluding hydrogens is 284 g/mol. The number of aryl methyl sites for hydroxylation is 1. The monoisotopic (exact) mass is 300 g/mol. The van der Waals surface area contributed by atoms with E-state index < -0.39 is 21.0 Å². The predicted octanol–water partition coefficient (Wildman–Crippen LogP) is 3.04. The zero-order chi connectivity index (χ0) is 15.0. The lowest BCUT2D eigenvalue weighted by Crippen LogP contribution is -2.14. The van der Waals surface area contributed by atoms with Gasteiger partial charge in [-0.15, -0.1) is 0 Å². The van der Waals surface area contributed by atoms with Crippen molar-refractivity contribution in [1.82, 2.24) is 0 Å². The number of carbonyl (C=O) groups excluding carboxylic acids is 1. The van der Waals surface area contributed by atoms with E-state index in [2.05, 4.69) is 0 Å². The third-order valence-electron chi connectivity index (χ3n) is 3.88. The molecule has 3 nitrogen and oxygen atoms in total. The largest absolute Gasteiger partial charge is 0.294 e. The topological polar surface area (TPSA) is 51.2 Å². The van der Waals surface area contributed by atoms with Crippen molar-refractivity contribution in [3.63, 3.8) is 0 Å². The lowest BCUT2D eigenvalue weighted by atomic mass is 10.1. The third-order valence-corrected chi connectivity index (χ3v) is 6.12. The van der Waals surface area contributed by atoms with E-state index in [0.717, 1.165) is 5.56 Å². The molecule has 108 valence electrons. The van der Waals surface area contributed by atoms with Crippen molar-refractivity contribution in [1.29, 1.82) is 0 Å². The second-order valence-electron chi connectivity index (χ2n) is 5.47. The number of benzene rings is 2. The van der Waals surface area contributed by atoms with Gasteiger partial charge in [0.25, 0.3) is 0 Å². The molecule has 3 rings (SSSR count). The van der Waals surface area contributed by atoms with Crippen LogP contribution in [0.4, 0.5) is 0 Å². The Morgan fingerprint density at radius 2 is 1.62 bits per heavy atom. The second-order valence-corrected chi connectivity index (χ2v) is 7.64. The minimum atomic E-state index is -3.40. The molecule has 0 heterocycles. The van der Waals surface area contributed by atoms with E-state index in [1.807, 2.05) is 19.1 Å². The number of sulfone groups is 1. The van der Waals surface area contributed by atoms with E-state index in [9.17, 15) is 13.2 Å². The summed E-state index contributed by atoms with van der Waals surface area (Å²) < 4.78 is 24.9. The molecule has 0 aliphatic heterocycles. The van der Waals surface area contributed by atoms with Gasteiger partial charge in [-0.05, 0) is 25.5 Å². The quantitative estimate of drug-likeness (QED) is 0.816. The van der Waals surface area contributed by atoms with Crippen LogP contribution in [0.3, 0.4) is 0 Å². The van der Waals surface area contributed by atoms with Gasteiger partial charge in [-0.1, -0.05) is 48.0 Å². The second kappa shape index (κ2) is 5.11. The summed E-state index contributed by atoms with van der Waals surface area (Å²) in [7, 11) is -3.40. The predicted molar refractivity (Wildman–Crippen MR) is 81.0 cm³/mol. The molecule has 0 aromatic heterocycles. The Bertz CT molecular complexity index is 761. The molecule has 2 atom stereocenters. The lowest BCUT2D eigenvalue weighted by Gasteiger charge is -2.04. The van der Waals surface area contributed by atoms with Gasteiger partial charge in [0.15, 0.2) is 15.6 Å². The molecule has 1 aliphatic rings. The first kappa shape index (κ1) is 14.0. The summed E-state index contributed by atoms with van der Waals surface area (Å²) in [6, 6.07) is 15.6. The first-order valence-corrected chi connectivity index (χ1v) is 8.44. The Morgan fingerprint density at radius 1 is 1.00 bits per heavy atom. The normalized spacial score (nSPS) is 21.0. The van der Waals surface area contributed by atoms with Crippen molar-refractivity contribution in [2.45, 2.75) is 23.5 Å². The average molecular weight is 300 g/mol. The Kier molecular flexibility index (Phi) is 3.41. The summed E-state index contributed by atoms with van der Waals surface area (Å²) >= 11 is 0. The number of hydrogen-bond acceptors (Lipinski definition) is 3. The molecule has 1 aliphatic carbocycles. The minimum absolute atomic E-state index is 0.0699. The highest BCUT2D eigenvalue weighted by Crippen LogP contribution is 2.42. The standard InChI is InChI=1S/C17H16O3S/c1-12-7-9-13(10-8-12)17(18)15-11-16(15)21(19,20)14-5-3-2-4-6-14/h2-10,15-16H,11H2,1H3/t15-,16-/m0/s1. The number of ketones is 1. The average Bonchev–Trinajstić information content (AvgIpc) is 3.29. The van der Waals surface area contributed by atoms with Crippen LogP contribution in [-0.2, 0) is 9.84 Å². The Labute approximate surface area is 124 Å². The third kappa shape index (κ3) is 2.63. The molecule has 0 bridgehead atoms. The van der Waals surface area contributed by atoms with Gasteiger partial charge in [-0.2, -0.15) is 0 Å². The van der Waals surface area contributed by atoms with Crippen LogP contribution in [0.5, 0.6) is 0 Å². The summed E-state index contributed by atoms with van der Waals surface area (Å²) in [5.74, 6) is -0.475. The van der Waals surface area contributed by atoms with Crippen molar-refractivity contribution in [3.05, 3.63) is 65.7 Å². The fourth-order valence-electron chi connectivity index (χ4n) is 2.51. The van der Waals surface area contributed by atoms with Crippen LogP contribution in [0.25, 0.3) is 0 Å². The molecule has 0 radical (unpaired) electrons. The number of Topliss-reactive ketones (excluding diaryl/α,β-unsaturated/α-hetero) is 1. The zero-order valence-corrected chi connectivity index (χ0v) is 12.5. The molecule has 0 saturated heterocycles.